The van der Waals surface area contributed by atoms with E-state index in [4.69, 9.17) is 0 Å². The largest absolute Gasteiger partial charge is 0.347 e. The summed E-state index contributed by atoms with van der Waals surface area (Å²) in [6, 6.07) is 9.00. The number of rotatable bonds is 3. The van der Waals surface area contributed by atoms with Gasteiger partial charge >= 0.3 is 0 Å². The molecule has 3 atom stereocenters. The first kappa shape index (κ1) is 17.0. The van der Waals surface area contributed by atoms with Gasteiger partial charge < -0.3 is 4.90 Å². The molecule has 2 aliphatic rings. The number of carbonyl (C=O) groups excluding carboxylic acids is 1. The second-order valence-electron chi connectivity index (χ2n) is 7.58. The van der Waals surface area contributed by atoms with Gasteiger partial charge in [0.15, 0.2) is 0 Å². The van der Waals surface area contributed by atoms with Crippen LogP contribution in [0.5, 0.6) is 0 Å². The van der Waals surface area contributed by atoms with Gasteiger partial charge in [-0.05, 0) is 24.1 Å². The standard InChI is InChI=1S/C20H24N4O2/c1-22(2)20(26)19-16-9-15(17-6-3-7-18(25)24(17)19)12-23(13-16)11-14-5-4-8-21-10-14/h3-8,10,15-16,19H,9,11-13H2,1-2H3/t15-,16+,19-/m1/s1. The first-order valence-electron chi connectivity index (χ1n) is 9.08. The van der Waals surface area contributed by atoms with Gasteiger partial charge in [0.25, 0.3) is 5.56 Å². The zero-order valence-electron chi connectivity index (χ0n) is 15.2. The van der Waals surface area contributed by atoms with E-state index in [0.29, 0.717) is 0 Å². The summed E-state index contributed by atoms with van der Waals surface area (Å²) in [5, 5.41) is 0. The minimum atomic E-state index is -0.415. The molecule has 2 bridgehead atoms. The van der Waals surface area contributed by atoms with Crippen LogP contribution in [0.25, 0.3) is 0 Å². The van der Waals surface area contributed by atoms with Gasteiger partial charge in [0.2, 0.25) is 5.91 Å². The molecule has 1 saturated heterocycles. The molecule has 2 aromatic rings. The first-order chi connectivity index (χ1) is 12.5. The van der Waals surface area contributed by atoms with E-state index in [9.17, 15) is 9.59 Å². The summed E-state index contributed by atoms with van der Waals surface area (Å²) < 4.78 is 1.75. The molecule has 26 heavy (non-hydrogen) atoms. The summed E-state index contributed by atoms with van der Waals surface area (Å²) in [5.74, 6) is 0.435. The molecule has 0 aliphatic carbocycles. The molecular formula is C20H24N4O2. The molecule has 0 N–H and O–H groups in total. The van der Waals surface area contributed by atoms with E-state index in [-0.39, 0.29) is 23.3 Å². The van der Waals surface area contributed by atoms with E-state index in [2.05, 4.69) is 16.0 Å². The summed E-state index contributed by atoms with van der Waals surface area (Å²) in [6.45, 7) is 2.54. The SMILES string of the molecule is CN(C)C(=O)[C@H]1[C@H]2C[C@H](CN(Cc3cccnc3)C2)c2cccc(=O)n21. The molecule has 0 saturated carbocycles. The second-order valence-corrected chi connectivity index (χ2v) is 7.58. The monoisotopic (exact) mass is 352 g/mol. The quantitative estimate of drug-likeness (QED) is 0.840. The molecule has 2 aliphatic heterocycles. The molecule has 0 radical (unpaired) electrons. The van der Waals surface area contributed by atoms with Gasteiger partial charge in [-0.15, -0.1) is 0 Å². The van der Waals surface area contributed by atoms with E-state index in [1.165, 1.54) is 5.56 Å². The number of carbonyl (C=O) groups is 1. The third-order valence-corrected chi connectivity index (χ3v) is 5.55. The maximum absolute atomic E-state index is 12.9. The average Bonchev–Trinajstić information content (AvgIpc) is 2.63. The van der Waals surface area contributed by atoms with Crippen molar-refractivity contribution in [2.75, 3.05) is 27.2 Å². The van der Waals surface area contributed by atoms with Crippen LogP contribution >= 0.6 is 0 Å². The van der Waals surface area contributed by atoms with Gasteiger partial charge in [-0.1, -0.05) is 12.1 Å². The lowest BCUT2D eigenvalue weighted by Crippen LogP contribution is -2.52. The fourth-order valence-corrected chi connectivity index (χ4v) is 4.49. The van der Waals surface area contributed by atoms with Crippen molar-refractivity contribution in [3.63, 3.8) is 0 Å². The van der Waals surface area contributed by atoms with Crippen molar-refractivity contribution in [1.82, 2.24) is 19.4 Å². The first-order valence-corrected chi connectivity index (χ1v) is 9.08. The number of aromatic nitrogens is 2. The molecule has 0 aromatic carbocycles. The summed E-state index contributed by atoms with van der Waals surface area (Å²) in [5.41, 5.74) is 2.09. The molecule has 0 unspecified atom stereocenters. The van der Waals surface area contributed by atoms with Crippen molar-refractivity contribution >= 4 is 5.91 Å². The van der Waals surface area contributed by atoms with Crippen molar-refractivity contribution in [2.24, 2.45) is 5.92 Å². The zero-order valence-corrected chi connectivity index (χ0v) is 15.2. The number of amides is 1. The molecule has 1 amide bonds. The predicted octanol–water partition coefficient (Wildman–Crippen LogP) is 1.49. The number of pyridine rings is 2. The van der Waals surface area contributed by atoms with Crippen molar-refractivity contribution in [3.05, 3.63) is 64.3 Å². The number of hydrogen-bond donors (Lipinski definition) is 0. The Balaban J connectivity index is 1.70. The summed E-state index contributed by atoms with van der Waals surface area (Å²) >= 11 is 0. The Labute approximate surface area is 153 Å². The molecule has 4 rings (SSSR count). The highest BCUT2D eigenvalue weighted by Gasteiger charge is 2.44. The third kappa shape index (κ3) is 2.94. The minimum absolute atomic E-state index is 0.00577. The number of nitrogens with zero attached hydrogens (tertiary/aromatic N) is 4. The Bertz CT molecular complexity index is 862. The average molecular weight is 352 g/mol. The van der Waals surface area contributed by atoms with Crippen LogP contribution in [0.2, 0.25) is 0 Å². The molecular weight excluding hydrogens is 328 g/mol. The highest BCUT2D eigenvalue weighted by atomic mass is 16.2. The smallest absolute Gasteiger partial charge is 0.251 e. The highest BCUT2D eigenvalue weighted by molar-refractivity contribution is 5.80. The van der Waals surface area contributed by atoms with Crippen molar-refractivity contribution < 1.29 is 4.79 Å². The molecule has 6 nitrogen and oxygen atoms in total. The van der Waals surface area contributed by atoms with Gasteiger partial charge in [0.05, 0.1) is 0 Å². The maximum atomic E-state index is 12.9. The topological polar surface area (TPSA) is 58.4 Å². The van der Waals surface area contributed by atoms with E-state index in [1.54, 1.807) is 35.8 Å². The Hall–Kier alpha value is -2.47. The Morgan fingerprint density at radius 3 is 2.81 bits per heavy atom. The Kier molecular flexibility index (Phi) is 4.36. The van der Waals surface area contributed by atoms with Crippen LogP contribution < -0.4 is 5.56 Å². The van der Waals surface area contributed by atoms with Crippen molar-refractivity contribution in [2.45, 2.75) is 24.9 Å². The molecule has 4 heterocycles. The number of fused-ring (bicyclic) bond motifs is 4. The number of piperidine rings is 1. The normalized spacial score (nSPS) is 24.8. The minimum Gasteiger partial charge on any atom is -0.347 e. The number of hydrogen-bond acceptors (Lipinski definition) is 4. The number of likely N-dealkylation sites (N-methyl/N-ethyl adjacent to an activating group) is 1. The van der Waals surface area contributed by atoms with Crippen molar-refractivity contribution in [1.29, 1.82) is 0 Å². The lowest BCUT2D eigenvalue weighted by Gasteiger charge is -2.46. The maximum Gasteiger partial charge on any atom is 0.251 e. The molecule has 136 valence electrons. The van der Waals surface area contributed by atoms with Gasteiger partial charge in [-0.25, -0.2) is 0 Å². The van der Waals surface area contributed by atoms with Gasteiger partial charge in [0, 0.05) is 69.7 Å². The van der Waals surface area contributed by atoms with Crippen molar-refractivity contribution in [3.8, 4) is 0 Å². The molecule has 1 fully saturated rings. The summed E-state index contributed by atoms with van der Waals surface area (Å²) in [7, 11) is 3.52. The van der Waals surface area contributed by atoms with Gasteiger partial charge in [0.1, 0.15) is 6.04 Å². The van der Waals surface area contributed by atoms with Crippen LogP contribution in [0.4, 0.5) is 0 Å². The third-order valence-electron chi connectivity index (χ3n) is 5.55. The van der Waals surface area contributed by atoms with E-state index < -0.39 is 6.04 Å². The fraction of sp³-hybridized carbons (Fsp3) is 0.450. The van der Waals surface area contributed by atoms with E-state index >= 15 is 0 Å². The van der Waals surface area contributed by atoms with Crippen LogP contribution in [0, 0.1) is 5.92 Å². The van der Waals surface area contributed by atoms with Gasteiger partial charge in [-0.3, -0.25) is 24.0 Å². The summed E-state index contributed by atoms with van der Waals surface area (Å²) in [4.78, 5) is 33.7. The lowest BCUT2D eigenvalue weighted by molar-refractivity contribution is -0.135. The van der Waals surface area contributed by atoms with Crippen LogP contribution in [0.15, 0.2) is 47.5 Å². The zero-order chi connectivity index (χ0) is 18.3. The molecule has 0 spiro atoms. The van der Waals surface area contributed by atoms with Crippen LogP contribution in [-0.2, 0) is 11.3 Å². The fourth-order valence-electron chi connectivity index (χ4n) is 4.49. The van der Waals surface area contributed by atoms with Gasteiger partial charge in [-0.2, -0.15) is 0 Å². The molecule has 6 heteroatoms. The Morgan fingerprint density at radius 2 is 2.08 bits per heavy atom. The number of likely N-dealkylation sites (tertiary alicyclic amines) is 1. The van der Waals surface area contributed by atoms with Crippen LogP contribution in [-0.4, -0.2) is 52.4 Å². The Morgan fingerprint density at radius 1 is 1.23 bits per heavy atom. The van der Waals surface area contributed by atoms with Crippen LogP contribution in [0.3, 0.4) is 0 Å². The van der Waals surface area contributed by atoms with E-state index in [1.807, 2.05) is 24.4 Å². The molecule has 2 aromatic heterocycles. The summed E-state index contributed by atoms with van der Waals surface area (Å²) in [6.07, 6.45) is 4.63. The predicted molar refractivity (Wildman–Crippen MR) is 98.8 cm³/mol. The van der Waals surface area contributed by atoms with Crippen LogP contribution in [0.1, 0.15) is 29.6 Å². The second kappa shape index (κ2) is 6.68. The highest BCUT2D eigenvalue weighted by Crippen LogP contribution is 2.41. The van der Waals surface area contributed by atoms with E-state index in [0.717, 1.165) is 31.7 Å². The lowest BCUT2D eigenvalue weighted by atomic mass is 9.78.